The van der Waals surface area contributed by atoms with Gasteiger partial charge in [0.05, 0.1) is 23.7 Å². The van der Waals surface area contributed by atoms with E-state index in [1.54, 1.807) is 17.6 Å². The number of ether oxygens (including phenoxy) is 1. The molecule has 6 heteroatoms. The van der Waals surface area contributed by atoms with E-state index in [1.807, 2.05) is 24.4 Å². The summed E-state index contributed by atoms with van der Waals surface area (Å²) >= 11 is 1.60. The fourth-order valence-corrected chi connectivity index (χ4v) is 2.88. The summed E-state index contributed by atoms with van der Waals surface area (Å²) in [4.78, 5) is 19.3. The Bertz CT molecular complexity index is 590. The van der Waals surface area contributed by atoms with E-state index in [0.29, 0.717) is 31.6 Å². The third kappa shape index (κ3) is 3.71. The molecule has 21 heavy (non-hydrogen) atoms. The molecular formula is C15H18N2O3S. The summed E-state index contributed by atoms with van der Waals surface area (Å²) in [5.41, 5.74) is 0.856. The number of rotatable bonds is 7. The minimum Gasteiger partial charge on any atom is -0.465 e. The zero-order chi connectivity index (χ0) is 14.7. The number of nitrogens with zero attached hydrogens (tertiary/aromatic N) is 2. The van der Waals surface area contributed by atoms with Crippen LogP contribution in [-0.2, 0) is 16.1 Å². The van der Waals surface area contributed by atoms with E-state index >= 15 is 0 Å². The van der Waals surface area contributed by atoms with Gasteiger partial charge in [-0.3, -0.25) is 9.69 Å². The molecule has 112 valence electrons. The Morgan fingerprint density at radius 2 is 2.43 bits per heavy atom. The normalized spacial score (nSPS) is 14.6. The van der Waals surface area contributed by atoms with Gasteiger partial charge in [-0.15, -0.1) is 11.3 Å². The predicted molar refractivity (Wildman–Crippen MR) is 79.9 cm³/mol. The van der Waals surface area contributed by atoms with Crippen LogP contribution in [0.25, 0.3) is 10.8 Å². The van der Waals surface area contributed by atoms with Crippen molar-refractivity contribution < 1.29 is 13.9 Å². The number of carbonyl (C=O) groups is 1. The largest absolute Gasteiger partial charge is 0.465 e. The van der Waals surface area contributed by atoms with E-state index in [4.69, 9.17) is 9.15 Å². The van der Waals surface area contributed by atoms with E-state index in [-0.39, 0.29) is 5.97 Å². The van der Waals surface area contributed by atoms with Crippen molar-refractivity contribution >= 4 is 17.3 Å². The van der Waals surface area contributed by atoms with Crippen LogP contribution in [0.5, 0.6) is 0 Å². The van der Waals surface area contributed by atoms with Crippen LogP contribution in [0, 0.1) is 0 Å². The molecule has 1 fully saturated rings. The number of hydrogen-bond donors (Lipinski definition) is 0. The second-order valence-corrected chi connectivity index (χ2v) is 6.01. The maximum atomic E-state index is 11.7. The quantitative estimate of drug-likeness (QED) is 0.736. The predicted octanol–water partition coefficient (Wildman–Crippen LogP) is 2.93. The zero-order valence-corrected chi connectivity index (χ0v) is 12.8. The molecule has 1 aliphatic rings. The lowest BCUT2D eigenvalue weighted by Crippen LogP contribution is -2.32. The molecule has 5 nitrogen and oxygen atoms in total. The van der Waals surface area contributed by atoms with E-state index in [2.05, 4.69) is 9.88 Å². The molecule has 0 radical (unpaired) electrons. The average Bonchev–Trinajstić information content (AvgIpc) is 2.98. The van der Waals surface area contributed by atoms with Crippen LogP contribution < -0.4 is 0 Å². The van der Waals surface area contributed by atoms with Crippen molar-refractivity contribution in [1.82, 2.24) is 9.88 Å². The van der Waals surface area contributed by atoms with Crippen LogP contribution in [0.1, 0.15) is 25.5 Å². The van der Waals surface area contributed by atoms with Gasteiger partial charge in [-0.1, -0.05) is 6.07 Å². The molecule has 2 aromatic heterocycles. The third-order valence-corrected chi connectivity index (χ3v) is 4.21. The SMILES string of the molecule is CCOC(=O)CN(Cc1coc(-c2cccs2)n1)C1CC1. The number of hydrogen-bond acceptors (Lipinski definition) is 6. The van der Waals surface area contributed by atoms with Crippen molar-refractivity contribution in [1.29, 1.82) is 0 Å². The first-order valence-corrected chi connectivity index (χ1v) is 8.02. The molecule has 3 rings (SSSR count). The average molecular weight is 306 g/mol. The van der Waals surface area contributed by atoms with Crippen LogP contribution >= 0.6 is 11.3 Å². The highest BCUT2D eigenvalue weighted by molar-refractivity contribution is 7.13. The maximum Gasteiger partial charge on any atom is 0.320 e. The minimum atomic E-state index is -0.175. The number of carbonyl (C=O) groups excluding carboxylic acids is 1. The Labute approximate surface area is 127 Å². The van der Waals surface area contributed by atoms with Crippen molar-refractivity contribution in [2.75, 3.05) is 13.2 Å². The van der Waals surface area contributed by atoms with E-state index in [9.17, 15) is 4.79 Å². The van der Waals surface area contributed by atoms with Crippen molar-refractivity contribution in [3.63, 3.8) is 0 Å². The zero-order valence-electron chi connectivity index (χ0n) is 11.9. The molecule has 0 saturated heterocycles. The summed E-state index contributed by atoms with van der Waals surface area (Å²) in [7, 11) is 0. The number of thiophene rings is 1. The molecule has 2 heterocycles. The molecule has 1 aliphatic carbocycles. The summed E-state index contributed by atoms with van der Waals surface area (Å²) in [5, 5.41) is 2.00. The van der Waals surface area contributed by atoms with Crippen LogP contribution in [0.15, 0.2) is 28.2 Å². The van der Waals surface area contributed by atoms with Crippen LogP contribution in [0.3, 0.4) is 0 Å². The lowest BCUT2D eigenvalue weighted by molar-refractivity contribution is -0.144. The summed E-state index contributed by atoms with van der Waals surface area (Å²) in [6.45, 7) is 3.19. The number of aromatic nitrogens is 1. The molecule has 0 spiro atoms. The first kappa shape index (κ1) is 14.3. The minimum absolute atomic E-state index is 0.175. The van der Waals surface area contributed by atoms with Gasteiger partial charge in [0, 0.05) is 12.6 Å². The number of oxazole rings is 1. The van der Waals surface area contributed by atoms with Crippen molar-refractivity contribution in [2.24, 2.45) is 0 Å². The number of esters is 1. The molecule has 0 aromatic carbocycles. The van der Waals surface area contributed by atoms with Gasteiger partial charge in [-0.25, -0.2) is 4.98 Å². The standard InChI is InChI=1S/C15H18N2O3S/c1-2-19-14(18)9-17(12-5-6-12)8-11-10-20-15(16-11)13-4-3-7-21-13/h3-4,7,10,12H,2,5-6,8-9H2,1H3. The molecule has 0 bridgehead atoms. The third-order valence-electron chi connectivity index (χ3n) is 3.35. The van der Waals surface area contributed by atoms with E-state index < -0.39 is 0 Å². The molecule has 0 atom stereocenters. The van der Waals surface area contributed by atoms with Gasteiger partial charge >= 0.3 is 5.97 Å². The van der Waals surface area contributed by atoms with Crippen LogP contribution in [0.2, 0.25) is 0 Å². The summed E-state index contributed by atoms with van der Waals surface area (Å²) in [6, 6.07) is 4.43. The van der Waals surface area contributed by atoms with Gasteiger partial charge in [0.25, 0.3) is 0 Å². The van der Waals surface area contributed by atoms with E-state index in [0.717, 1.165) is 23.4 Å². The molecule has 0 unspecified atom stereocenters. The second-order valence-electron chi connectivity index (χ2n) is 5.06. The van der Waals surface area contributed by atoms with Gasteiger partial charge in [0.1, 0.15) is 6.26 Å². The van der Waals surface area contributed by atoms with Gasteiger partial charge in [0.2, 0.25) is 5.89 Å². The molecular weight excluding hydrogens is 288 g/mol. The topological polar surface area (TPSA) is 55.6 Å². The smallest absolute Gasteiger partial charge is 0.320 e. The molecule has 1 saturated carbocycles. The van der Waals surface area contributed by atoms with Gasteiger partial charge in [-0.2, -0.15) is 0 Å². The van der Waals surface area contributed by atoms with Crippen LogP contribution in [0.4, 0.5) is 0 Å². The first-order valence-electron chi connectivity index (χ1n) is 7.14. The highest BCUT2D eigenvalue weighted by atomic mass is 32.1. The van der Waals surface area contributed by atoms with E-state index in [1.165, 1.54) is 0 Å². The Hall–Kier alpha value is -1.66. The summed E-state index contributed by atoms with van der Waals surface area (Å²) in [6.07, 6.45) is 3.94. The Morgan fingerprint density at radius 3 is 3.10 bits per heavy atom. The van der Waals surface area contributed by atoms with Crippen molar-refractivity contribution in [2.45, 2.75) is 32.4 Å². The van der Waals surface area contributed by atoms with Crippen LogP contribution in [-0.4, -0.2) is 35.0 Å². The molecule has 0 amide bonds. The Morgan fingerprint density at radius 1 is 1.57 bits per heavy atom. The highest BCUT2D eigenvalue weighted by Gasteiger charge is 2.31. The second kappa shape index (κ2) is 6.41. The monoisotopic (exact) mass is 306 g/mol. The van der Waals surface area contributed by atoms with Gasteiger partial charge in [0.15, 0.2) is 0 Å². The maximum absolute atomic E-state index is 11.7. The van der Waals surface area contributed by atoms with Crippen molar-refractivity contribution in [3.8, 4) is 10.8 Å². The van der Waals surface area contributed by atoms with Gasteiger partial charge < -0.3 is 9.15 Å². The fraction of sp³-hybridized carbons (Fsp3) is 0.467. The molecule has 0 N–H and O–H groups in total. The first-order chi connectivity index (χ1) is 10.3. The Kier molecular flexibility index (Phi) is 4.36. The lowest BCUT2D eigenvalue weighted by atomic mass is 10.3. The molecule has 0 aliphatic heterocycles. The molecule has 2 aromatic rings. The Balaban J connectivity index is 1.64. The lowest BCUT2D eigenvalue weighted by Gasteiger charge is -2.19. The summed E-state index contributed by atoms with van der Waals surface area (Å²) in [5.74, 6) is 0.471. The van der Waals surface area contributed by atoms with Crippen molar-refractivity contribution in [3.05, 3.63) is 29.5 Å². The highest BCUT2D eigenvalue weighted by Crippen LogP contribution is 2.29. The van der Waals surface area contributed by atoms with Gasteiger partial charge in [-0.05, 0) is 31.2 Å². The fourth-order valence-electron chi connectivity index (χ4n) is 2.23. The summed E-state index contributed by atoms with van der Waals surface area (Å²) < 4.78 is 10.5.